The Morgan fingerprint density at radius 2 is 2.06 bits per heavy atom. The number of aliphatic hydroxyl groups excluding tert-OH is 1. The average molecular weight is 249 g/mol. The van der Waals surface area contributed by atoms with Gasteiger partial charge in [-0.1, -0.05) is 0 Å². The van der Waals surface area contributed by atoms with Gasteiger partial charge in [-0.25, -0.2) is 0 Å². The SMILES string of the molecule is CC1Cc2c(cc3c(c2C(N)CO)OC(C)C3)O1. The number of aliphatic hydroxyl groups is 1. The van der Waals surface area contributed by atoms with Crippen molar-refractivity contribution in [3.63, 3.8) is 0 Å². The van der Waals surface area contributed by atoms with Crippen LogP contribution in [0.1, 0.15) is 36.6 Å². The summed E-state index contributed by atoms with van der Waals surface area (Å²) < 4.78 is 11.7. The van der Waals surface area contributed by atoms with Crippen molar-refractivity contribution in [3.05, 3.63) is 22.8 Å². The number of hydrogen-bond donors (Lipinski definition) is 2. The Morgan fingerprint density at radius 1 is 1.33 bits per heavy atom. The second-order valence-electron chi connectivity index (χ2n) is 5.31. The van der Waals surface area contributed by atoms with Crippen molar-refractivity contribution in [2.24, 2.45) is 5.73 Å². The molecule has 0 aromatic heterocycles. The fourth-order valence-electron chi connectivity index (χ4n) is 2.94. The van der Waals surface area contributed by atoms with Crippen molar-refractivity contribution in [1.82, 2.24) is 0 Å². The maximum Gasteiger partial charge on any atom is 0.128 e. The summed E-state index contributed by atoms with van der Waals surface area (Å²) in [6, 6.07) is 1.68. The zero-order valence-corrected chi connectivity index (χ0v) is 10.8. The van der Waals surface area contributed by atoms with Crippen molar-refractivity contribution in [2.75, 3.05) is 6.61 Å². The molecule has 0 bridgehead atoms. The average Bonchev–Trinajstić information content (AvgIpc) is 2.85. The molecule has 3 atom stereocenters. The second kappa shape index (κ2) is 4.14. The first-order valence-electron chi connectivity index (χ1n) is 6.48. The monoisotopic (exact) mass is 249 g/mol. The van der Waals surface area contributed by atoms with Crippen LogP contribution in [-0.2, 0) is 12.8 Å². The third-order valence-electron chi connectivity index (χ3n) is 3.68. The van der Waals surface area contributed by atoms with Crippen molar-refractivity contribution in [1.29, 1.82) is 0 Å². The van der Waals surface area contributed by atoms with Crippen LogP contribution in [0, 0.1) is 0 Å². The fourth-order valence-corrected chi connectivity index (χ4v) is 2.94. The first-order chi connectivity index (χ1) is 8.60. The van der Waals surface area contributed by atoms with Crippen LogP contribution < -0.4 is 15.2 Å². The molecular weight excluding hydrogens is 230 g/mol. The van der Waals surface area contributed by atoms with Gasteiger partial charge in [0, 0.05) is 29.5 Å². The lowest BCUT2D eigenvalue weighted by Gasteiger charge is -2.17. The second-order valence-corrected chi connectivity index (χ2v) is 5.31. The molecule has 0 saturated heterocycles. The van der Waals surface area contributed by atoms with Crippen LogP contribution in [0.3, 0.4) is 0 Å². The van der Waals surface area contributed by atoms with Gasteiger partial charge in [-0.2, -0.15) is 0 Å². The standard InChI is InChI=1S/C14H19NO3/c1-7-3-9-5-12-10(4-8(2)17-12)13(11(15)6-16)14(9)18-7/h5,7-8,11,16H,3-4,6,15H2,1-2H3. The van der Waals surface area contributed by atoms with Gasteiger partial charge in [0.05, 0.1) is 12.6 Å². The number of hydrogen-bond acceptors (Lipinski definition) is 4. The summed E-state index contributed by atoms with van der Waals surface area (Å²) >= 11 is 0. The Hall–Kier alpha value is -1.26. The van der Waals surface area contributed by atoms with Gasteiger partial charge in [0.25, 0.3) is 0 Å². The third kappa shape index (κ3) is 1.68. The van der Waals surface area contributed by atoms with Crippen molar-refractivity contribution in [2.45, 2.75) is 44.9 Å². The molecule has 0 fully saturated rings. The van der Waals surface area contributed by atoms with Crippen LogP contribution in [0.2, 0.25) is 0 Å². The molecule has 4 nitrogen and oxygen atoms in total. The molecule has 98 valence electrons. The van der Waals surface area contributed by atoms with Crippen molar-refractivity contribution >= 4 is 0 Å². The van der Waals surface area contributed by atoms with E-state index < -0.39 is 6.04 Å². The summed E-state index contributed by atoms with van der Waals surface area (Å²) in [5.74, 6) is 1.79. The summed E-state index contributed by atoms with van der Waals surface area (Å²) in [6.07, 6.45) is 2.06. The Kier molecular flexibility index (Phi) is 2.72. The van der Waals surface area contributed by atoms with E-state index in [0.29, 0.717) is 0 Å². The minimum absolute atomic E-state index is 0.0744. The molecule has 2 aliphatic rings. The highest BCUT2D eigenvalue weighted by Gasteiger charge is 2.33. The molecule has 3 N–H and O–H groups in total. The Bertz CT molecular complexity index is 450. The lowest BCUT2D eigenvalue weighted by molar-refractivity contribution is 0.239. The summed E-state index contributed by atoms with van der Waals surface area (Å²) in [6.45, 7) is 4.01. The number of rotatable bonds is 2. The van der Waals surface area contributed by atoms with E-state index >= 15 is 0 Å². The summed E-state index contributed by atoms with van der Waals surface area (Å²) in [4.78, 5) is 0. The molecule has 0 radical (unpaired) electrons. The smallest absolute Gasteiger partial charge is 0.128 e. The van der Waals surface area contributed by atoms with E-state index in [-0.39, 0.29) is 18.8 Å². The van der Waals surface area contributed by atoms with Crippen molar-refractivity contribution in [3.8, 4) is 11.5 Å². The Balaban J connectivity index is 2.15. The van der Waals surface area contributed by atoms with Crippen LogP contribution >= 0.6 is 0 Å². The molecule has 0 saturated carbocycles. The molecule has 1 aromatic rings. The maximum atomic E-state index is 9.36. The quantitative estimate of drug-likeness (QED) is 0.830. The van der Waals surface area contributed by atoms with Crippen LogP contribution in [-0.4, -0.2) is 23.9 Å². The van der Waals surface area contributed by atoms with Gasteiger partial charge in [-0.05, 0) is 19.9 Å². The zero-order valence-electron chi connectivity index (χ0n) is 10.8. The molecule has 4 heteroatoms. The lowest BCUT2D eigenvalue weighted by Crippen LogP contribution is -2.18. The number of benzene rings is 1. The molecule has 3 rings (SSSR count). The molecule has 0 amide bonds. The molecular formula is C14H19NO3. The number of nitrogens with two attached hydrogens (primary N) is 1. The van der Waals surface area contributed by atoms with E-state index in [1.807, 2.05) is 13.8 Å². The van der Waals surface area contributed by atoms with E-state index in [2.05, 4.69) is 6.07 Å². The highest BCUT2D eigenvalue weighted by molar-refractivity contribution is 5.58. The maximum absolute atomic E-state index is 9.36. The van der Waals surface area contributed by atoms with Gasteiger partial charge in [0.1, 0.15) is 23.7 Å². The molecule has 0 aliphatic carbocycles. The highest BCUT2D eigenvalue weighted by Crippen LogP contribution is 2.45. The van der Waals surface area contributed by atoms with E-state index in [9.17, 15) is 5.11 Å². The van der Waals surface area contributed by atoms with E-state index in [1.54, 1.807) is 0 Å². The van der Waals surface area contributed by atoms with Crippen molar-refractivity contribution < 1.29 is 14.6 Å². The Morgan fingerprint density at radius 3 is 2.78 bits per heavy atom. The molecule has 3 unspecified atom stereocenters. The van der Waals surface area contributed by atoms with E-state index in [0.717, 1.165) is 41.0 Å². The minimum atomic E-state index is -0.395. The first kappa shape index (κ1) is 11.8. The van der Waals surface area contributed by atoms with Crippen LogP contribution in [0.4, 0.5) is 0 Å². The summed E-state index contributed by atoms with van der Waals surface area (Å²) in [5.41, 5.74) is 9.24. The summed E-state index contributed by atoms with van der Waals surface area (Å²) in [7, 11) is 0. The van der Waals surface area contributed by atoms with Gasteiger partial charge >= 0.3 is 0 Å². The topological polar surface area (TPSA) is 64.7 Å². The molecule has 1 aromatic carbocycles. The lowest BCUT2D eigenvalue weighted by atomic mass is 9.94. The predicted molar refractivity (Wildman–Crippen MR) is 68.0 cm³/mol. The minimum Gasteiger partial charge on any atom is -0.490 e. The summed E-state index contributed by atoms with van der Waals surface area (Å²) in [5, 5.41) is 9.36. The molecule has 2 aliphatic heterocycles. The largest absolute Gasteiger partial charge is 0.490 e. The molecule has 18 heavy (non-hydrogen) atoms. The van der Waals surface area contributed by atoms with Gasteiger partial charge < -0.3 is 20.3 Å². The van der Waals surface area contributed by atoms with Crippen LogP contribution in [0.25, 0.3) is 0 Å². The highest BCUT2D eigenvalue weighted by atomic mass is 16.5. The molecule has 0 spiro atoms. The predicted octanol–water partition coefficient (Wildman–Crippen LogP) is 1.33. The fraction of sp³-hybridized carbons (Fsp3) is 0.571. The third-order valence-corrected chi connectivity index (χ3v) is 3.68. The van der Waals surface area contributed by atoms with Gasteiger partial charge in [-0.3, -0.25) is 0 Å². The number of ether oxygens (including phenoxy) is 2. The Labute approximate surface area is 107 Å². The first-order valence-corrected chi connectivity index (χ1v) is 6.48. The van der Waals surface area contributed by atoms with E-state index in [4.69, 9.17) is 15.2 Å². The van der Waals surface area contributed by atoms with Crippen LogP contribution in [0.5, 0.6) is 11.5 Å². The molecule has 2 heterocycles. The van der Waals surface area contributed by atoms with E-state index in [1.165, 1.54) is 0 Å². The number of fused-ring (bicyclic) bond motifs is 2. The van der Waals surface area contributed by atoms with Gasteiger partial charge in [0.2, 0.25) is 0 Å². The van der Waals surface area contributed by atoms with Crippen LogP contribution in [0.15, 0.2) is 6.07 Å². The normalized spacial score (nSPS) is 26.2. The zero-order chi connectivity index (χ0) is 12.9. The van der Waals surface area contributed by atoms with Gasteiger partial charge in [-0.15, -0.1) is 0 Å². The van der Waals surface area contributed by atoms with Gasteiger partial charge in [0.15, 0.2) is 0 Å².